The second kappa shape index (κ2) is 9.23. The Labute approximate surface area is 198 Å². The van der Waals surface area contributed by atoms with Crippen LogP contribution in [0.3, 0.4) is 0 Å². The Morgan fingerprint density at radius 1 is 0.971 bits per heavy atom. The highest BCUT2D eigenvalue weighted by Crippen LogP contribution is 2.30. The number of carbonyl (C=O) groups is 2. The van der Waals surface area contributed by atoms with Gasteiger partial charge in [0.15, 0.2) is 0 Å². The summed E-state index contributed by atoms with van der Waals surface area (Å²) in [7, 11) is 0. The monoisotopic (exact) mass is 451 g/mol. The number of hydrogen-bond acceptors (Lipinski definition) is 4. The molecular weight excluding hydrogens is 426 g/mol. The Hall–Kier alpha value is -4.39. The summed E-state index contributed by atoms with van der Waals surface area (Å²) in [6.45, 7) is 2.54. The van der Waals surface area contributed by atoms with Gasteiger partial charge in [-0.3, -0.25) is 9.80 Å². The van der Waals surface area contributed by atoms with Crippen molar-refractivity contribution in [2.75, 3.05) is 16.9 Å². The number of amides is 3. The number of urea groups is 1. The van der Waals surface area contributed by atoms with Crippen LogP contribution in [0.2, 0.25) is 0 Å². The van der Waals surface area contributed by atoms with Crippen molar-refractivity contribution < 1.29 is 9.59 Å². The summed E-state index contributed by atoms with van der Waals surface area (Å²) < 4.78 is 0. The van der Waals surface area contributed by atoms with Crippen LogP contribution in [0.5, 0.6) is 0 Å². The summed E-state index contributed by atoms with van der Waals surface area (Å²) in [5.41, 5.74) is 5.68. The summed E-state index contributed by atoms with van der Waals surface area (Å²) in [4.78, 5) is 25.3. The molecule has 170 valence electrons. The van der Waals surface area contributed by atoms with Gasteiger partial charge in [0.1, 0.15) is 0 Å². The van der Waals surface area contributed by atoms with Crippen LogP contribution in [0.25, 0.3) is 0 Å². The molecule has 7 nitrogen and oxygen atoms in total. The van der Waals surface area contributed by atoms with Gasteiger partial charge in [-0.05, 0) is 42.3 Å². The number of hydrogen-bond donors (Lipinski definition) is 3. The minimum absolute atomic E-state index is 0.262. The molecule has 2 aliphatic rings. The smallest absolute Gasteiger partial charge is 0.319 e. The van der Waals surface area contributed by atoms with E-state index >= 15 is 0 Å². The van der Waals surface area contributed by atoms with Gasteiger partial charge in [-0.15, -0.1) is 0 Å². The summed E-state index contributed by atoms with van der Waals surface area (Å²) in [6, 6.07) is 26.4. The molecule has 2 heterocycles. The predicted molar refractivity (Wildman–Crippen MR) is 134 cm³/mol. The summed E-state index contributed by atoms with van der Waals surface area (Å²) >= 11 is 0. The number of nitrogens with zero attached hydrogens (tertiary/aromatic N) is 2. The molecule has 2 aliphatic heterocycles. The van der Waals surface area contributed by atoms with E-state index in [2.05, 4.69) is 28.1 Å². The maximum Gasteiger partial charge on any atom is 0.319 e. The second-order valence-corrected chi connectivity index (χ2v) is 8.27. The van der Waals surface area contributed by atoms with Crippen molar-refractivity contribution in [2.45, 2.75) is 19.4 Å². The molecule has 3 aromatic rings. The second-order valence-electron chi connectivity index (χ2n) is 8.27. The lowest BCUT2D eigenvalue weighted by Crippen LogP contribution is -2.45. The number of rotatable bonds is 5. The van der Waals surface area contributed by atoms with Gasteiger partial charge in [-0.1, -0.05) is 60.7 Å². The zero-order chi connectivity index (χ0) is 23.5. The first-order chi connectivity index (χ1) is 16.6. The number of benzene rings is 3. The number of allylic oxidation sites excluding steroid dienone is 1. The lowest BCUT2D eigenvalue weighted by atomic mass is 9.94. The Balaban J connectivity index is 1.38. The van der Waals surface area contributed by atoms with Crippen LogP contribution in [0.4, 0.5) is 16.2 Å². The molecule has 0 radical (unpaired) electrons. The molecule has 0 unspecified atom stereocenters. The highest BCUT2D eigenvalue weighted by molar-refractivity contribution is 6.06. The standard InChI is InChI=1S/C27H25N5O2/c1-18-24(26(33)29-21-10-6-3-7-11-21)25(30-27(34)28-18)20-12-14-22(15-13-20)32-17-16-23(31-32)19-8-4-2-5-9-19/h2-15,25H,16-17H2,1H3,(H,29,33)(H2,28,30,34)/t25-/m1/s1. The maximum absolute atomic E-state index is 13.1. The lowest BCUT2D eigenvalue weighted by Gasteiger charge is -2.29. The lowest BCUT2D eigenvalue weighted by molar-refractivity contribution is -0.113. The van der Waals surface area contributed by atoms with Crippen LogP contribution in [-0.2, 0) is 4.79 Å². The predicted octanol–water partition coefficient (Wildman–Crippen LogP) is 4.57. The van der Waals surface area contributed by atoms with Crippen LogP contribution in [0.15, 0.2) is 101 Å². The molecule has 5 rings (SSSR count). The van der Waals surface area contributed by atoms with E-state index in [0.29, 0.717) is 17.0 Å². The zero-order valence-corrected chi connectivity index (χ0v) is 18.8. The molecule has 0 spiro atoms. The van der Waals surface area contributed by atoms with Gasteiger partial charge < -0.3 is 16.0 Å². The first-order valence-electron chi connectivity index (χ1n) is 11.2. The molecule has 0 bridgehead atoms. The van der Waals surface area contributed by atoms with Crippen LogP contribution in [0, 0.1) is 0 Å². The highest BCUT2D eigenvalue weighted by atomic mass is 16.2. The van der Waals surface area contributed by atoms with Gasteiger partial charge in [0.2, 0.25) is 0 Å². The number of anilines is 2. The van der Waals surface area contributed by atoms with Crippen molar-refractivity contribution in [1.82, 2.24) is 10.6 Å². The van der Waals surface area contributed by atoms with Crippen LogP contribution in [-0.4, -0.2) is 24.2 Å². The third kappa shape index (κ3) is 4.41. The fourth-order valence-electron chi connectivity index (χ4n) is 4.28. The fraction of sp³-hybridized carbons (Fsp3) is 0.148. The fourth-order valence-corrected chi connectivity index (χ4v) is 4.28. The molecule has 0 saturated heterocycles. The third-order valence-corrected chi connectivity index (χ3v) is 5.98. The number of carbonyl (C=O) groups excluding carboxylic acids is 2. The van der Waals surface area contributed by atoms with E-state index in [1.54, 1.807) is 6.92 Å². The Morgan fingerprint density at radius 3 is 2.35 bits per heavy atom. The normalized spacial score (nSPS) is 17.7. The third-order valence-electron chi connectivity index (χ3n) is 5.98. The van der Waals surface area contributed by atoms with Crippen LogP contribution < -0.4 is 21.0 Å². The minimum Gasteiger partial charge on any atom is -0.327 e. The topological polar surface area (TPSA) is 85.8 Å². The van der Waals surface area contributed by atoms with Gasteiger partial charge in [-0.25, -0.2) is 4.79 Å². The van der Waals surface area contributed by atoms with E-state index in [4.69, 9.17) is 5.10 Å². The Kier molecular flexibility index (Phi) is 5.82. The van der Waals surface area contributed by atoms with Gasteiger partial charge in [0.05, 0.1) is 23.0 Å². The zero-order valence-electron chi connectivity index (χ0n) is 18.8. The Bertz CT molecular complexity index is 1270. The van der Waals surface area contributed by atoms with Crippen LogP contribution in [0.1, 0.15) is 30.5 Å². The molecule has 0 saturated carbocycles. The van der Waals surface area contributed by atoms with Crippen molar-refractivity contribution in [2.24, 2.45) is 5.10 Å². The number of hydrazone groups is 1. The highest BCUT2D eigenvalue weighted by Gasteiger charge is 2.31. The van der Waals surface area contributed by atoms with Crippen molar-refractivity contribution in [3.8, 4) is 0 Å². The average molecular weight is 452 g/mol. The molecule has 3 amide bonds. The molecule has 3 N–H and O–H groups in total. The van der Waals surface area contributed by atoms with Crippen LogP contribution >= 0.6 is 0 Å². The molecule has 1 atom stereocenters. The maximum atomic E-state index is 13.1. The molecule has 0 aromatic heterocycles. The van der Waals surface area contributed by atoms with Crippen molar-refractivity contribution in [3.05, 3.63) is 107 Å². The van der Waals surface area contributed by atoms with E-state index in [1.165, 1.54) is 0 Å². The number of nitrogens with one attached hydrogen (secondary N) is 3. The van der Waals surface area contributed by atoms with Crippen molar-refractivity contribution in [3.63, 3.8) is 0 Å². The van der Waals surface area contributed by atoms with E-state index < -0.39 is 6.04 Å². The van der Waals surface area contributed by atoms with E-state index in [-0.39, 0.29) is 11.9 Å². The van der Waals surface area contributed by atoms with E-state index in [1.807, 2.05) is 77.8 Å². The van der Waals surface area contributed by atoms with Crippen molar-refractivity contribution >= 4 is 29.0 Å². The summed E-state index contributed by atoms with van der Waals surface area (Å²) in [6.07, 6.45) is 0.877. The molecule has 0 aliphatic carbocycles. The van der Waals surface area contributed by atoms with E-state index in [9.17, 15) is 9.59 Å². The van der Waals surface area contributed by atoms with Crippen molar-refractivity contribution in [1.29, 1.82) is 0 Å². The molecule has 7 heteroatoms. The molecule has 0 fully saturated rings. The minimum atomic E-state index is -0.562. The van der Waals surface area contributed by atoms with Gasteiger partial charge in [0.25, 0.3) is 5.91 Å². The average Bonchev–Trinajstić information content (AvgIpc) is 3.35. The van der Waals surface area contributed by atoms with Gasteiger partial charge in [-0.2, -0.15) is 5.10 Å². The molecule has 34 heavy (non-hydrogen) atoms. The first-order valence-corrected chi connectivity index (χ1v) is 11.2. The quantitative estimate of drug-likeness (QED) is 0.531. The van der Waals surface area contributed by atoms with Gasteiger partial charge in [0, 0.05) is 24.4 Å². The summed E-state index contributed by atoms with van der Waals surface area (Å²) in [5, 5.41) is 15.3. The van der Waals surface area contributed by atoms with Gasteiger partial charge >= 0.3 is 6.03 Å². The first kappa shape index (κ1) is 21.5. The Morgan fingerprint density at radius 2 is 1.65 bits per heavy atom. The number of para-hydroxylation sites is 1. The van der Waals surface area contributed by atoms with E-state index in [0.717, 1.165) is 35.5 Å². The molecular formula is C27H25N5O2. The largest absolute Gasteiger partial charge is 0.327 e. The SMILES string of the molecule is CC1=C(C(=O)Nc2ccccc2)[C@@H](c2ccc(N3CCC(c4ccccc4)=N3)cc2)NC(=O)N1. The molecule has 3 aromatic carbocycles. The summed E-state index contributed by atoms with van der Waals surface area (Å²) in [5.74, 6) is -0.262.